The molecule has 148 valence electrons. The lowest BCUT2D eigenvalue weighted by Gasteiger charge is -2.41. The van der Waals surface area contributed by atoms with Gasteiger partial charge in [-0.2, -0.15) is 5.10 Å². The fraction of sp³-hybridized carbons (Fsp3) is 0.800. The Hall–Kier alpha value is -0.790. The van der Waals surface area contributed by atoms with Gasteiger partial charge in [-0.25, -0.2) is 0 Å². The summed E-state index contributed by atoms with van der Waals surface area (Å²) in [6, 6.07) is 0. The van der Waals surface area contributed by atoms with Crippen molar-refractivity contribution >= 4 is 29.9 Å². The van der Waals surface area contributed by atoms with E-state index in [0.717, 1.165) is 31.5 Å². The van der Waals surface area contributed by atoms with E-state index in [2.05, 4.69) is 49.3 Å². The molecule has 0 unspecified atom stereocenters. The summed E-state index contributed by atoms with van der Waals surface area (Å²) < 4.78 is 1.93. The smallest absolute Gasteiger partial charge is 0.193 e. The van der Waals surface area contributed by atoms with Gasteiger partial charge in [0.05, 0.1) is 5.69 Å². The lowest BCUT2D eigenvalue weighted by Crippen LogP contribution is -2.41. The number of nitrogens with one attached hydrogen (secondary N) is 1. The predicted molar refractivity (Wildman–Crippen MR) is 119 cm³/mol. The maximum atomic E-state index is 5.05. The summed E-state index contributed by atoms with van der Waals surface area (Å²) >= 11 is 0. The molecule has 0 bridgehead atoms. The molecule has 0 aromatic carbocycles. The molecule has 0 atom stereocenters. The van der Waals surface area contributed by atoms with Crippen LogP contribution in [0.1, 0.15) is 70.1 Å². The Morgan fingerprint density at radius 1 is 1.42 bits per heavy atom. The van der Waals surface area contributed by atoms with Crippen LogP contribution in [0.25, 0.3) is 0 Å². The Morgan fingerprint density at radius 2 is 2.12 bits per heavy atom. The van der Waals surface area contributed by atoms with Crippen LogP contribution in [0.3, 0.4) is 0 Å². The molecule has 2 aliphatic carbocycles. The maximum Gasteiger partial charge on any atom is 0.193 e. The van der Waals surface area contributed by atoms with Gasteiger partial charge in [-0.05, 0) is 49.9 Å². The number of nitrogens with zero attached hydrogens (tertiary/aromatic N) is 4. The molecular weight excluding hydrogens is 437 g/mol. The van der Waals surface area contributed by atoms with Gasteiger partial charge in [0.25, 0.3) is 0 Å². The number of rotatable bonds is 7. The zero-order valence-electron chi connectivity index (χ0n) is 17.1. The molecule has 6 heteroatoms. The molecule has 0 amide bonds. The highest BCUT2D eigenvalue weighted by molar-refractivity contribution is 14.0. The van der Waals surface area contributed by atoms with Crippen molar-refractivity contribution in [2.75, 3.05) is 20.1 Å². The fourth-order valence-corrected chi connectivity index (χ4v) is 4.22. The van der Waals surface area contributed by atoms with Crippen LogP contribution >= 0.6 is 24.0 Å². The van der Waals surface area contributed by atoms with Gasteiger partial charge in [-0.1, -0.05) is 20.3 Å². The van der Waals surface area contributed by atoms with Crippen LogP contribution in [-0.2, 0) is 13.6 Å². The molecule has 0 spiro atoms. The van der Waals surface area contributed by atoms with E-state index in [1.807, 2.05) is 11.7 Å². The van der Waals surface area contributed by atoms with Crippen molar-refractivity contribution in [2.24, 2.45) is 23.4 Å². The number of aliphatic imine (C=N–C) groups is 1. The SMILES string of the molecule is CCNC(=NCC1(C2CC2)CCC1)N(C)Cc1cn(C)nc1C(C)C.I. The van der Waals surface area contributed by atoms with Gasteiger partial charge >= 0.3 is 0 Å². The van der Waals surface area contributed by atoms with Crippen molar-refractivity contribution < 1.29 is 0 Å². The van der Waals surface area contributed by atoms with E-state index >= 15 is 0 Å². The van der Waals surface area contributed by atoms with Crippen LogP contribution in [0, 0.1) is 11.3 Å². The van der Waals surface area contributed by atoms with Crippen LogP contribution in [0.4, 0.5) is 0 Å². The molecule has 1 aromatic rings. The first kappa shape index (κ1) is 21.5. The van der Waals surface area contributed by atoms with Crippen LogP contribution in [0.5, 0.6) is 0 Å². The van der Waals surface area contributed by atoms with Crippen molar-refractivity contribution in [1.82, 2.24) is 20.0 Å². The molecular formula is C20H36IN5. The van der Waals surface area contributed by atoms with E-state index in [1.165, 1.54) is 43.4 Å². The van der Waals surface area contributed by atoms with Gasteiger partial charge in [0.15, 0.2) is 5.96 Å². The van der Waals surface area contributed by atoms with E-state index in [1.54, 1.807) is 0 Å². The van der Waals surface area contributed by atoms with Gasteiger partial charge in [0, 0.05) is 45.5 Å². The third-order valence-corrected chi connectivity index (χ3v) is 5.92. The summed E-state index contributed by atoms with van der Waals surface area (Å²) in [5.41, 5.74) is 3.02. The number of aromatic nitrogens is 2. The van der Waals surface area contributed by atoms with Crippen LogP contribution < -0.4 is 5.32 Å². The Morgan fingerprint density at radius 3 is 2.62 bits per heavy atom. The van der Waals surface area contributed by atoms with Crippen LogP contribution in [0.2, 0.25) is 0 Å². The number of halogens is 1. The molecule has 5 nitrogen and oxygen atoms in total. The quantitative estimate of drug-likeness (QED) is 0.368. The Kier molecular flexibility index (Phi) is 7.39. The summed E-state index contributed by atoms with van der Waals surface area (Å²) in [6.45, 7) is 9.32. The normalized spacial score (nSPS) is 19.1. The summed E-state index contributed by atoms with van der Waals surface area (Å²) in [4.78, 5) is 7.31. The average Bonchev–Trinajstić information content (AvgIpc) is 3.28. The second-order valence-electron chi connectivity index (χ2n) is 8.38. The van der Waals surface area contributed by atoms with Gasteiger partial charge in [0.2, 0.25) is 0 Å². The lowest BCUT2D eigenvalue weighted by atomic mass is 9.65. The first-order chi connectivity index (χ1) is 11.9. The molecule has 1 heterocycles. The van der Waals surface area contributed by atoms with Gasteiger partial charge in [0.1, 0.15) is 0 Å². The first-order valence-electron chi connectivity index (χ1n) is 9.97. The van der Waals surface area contributed by atoms with Crippen molar-refractivity contribution in [1.29, 1.82) is 0 Å². The molecule has 2 fully saturated rings. The van der Waals surface area contributed by atoms with Crippen LogP contribution in [0.15, 0.2) is 11.2 Å². The molecule has 2 aliphatic rings. The van der Waals surface area contributed by atoms with Gasteiger partial charge in [-0.15, -0.1) is 24.0 Å². The predicted octanol–water partition coefficient (Wildman–Crippen LogP) is 4.14. The molecule has 0 aliphatic heterocycles. The highest BCUT2D eigenvalue weighted by atomic mass is 127. The lowest BCUT2D eigenvalue weighted by molar-refractivity contribution is 0.112. The van der Waals surface area contributed by atoms with Gasteiger partial charge < -0.3 is 10.2 Å². The summed E-state index contributed by atoms with van der Waals surface area (Å²) in [7, 11) is 4.15. The Bertz CT molecular complexity index is 614. The van der Waals surface area contributed by atoms with Crippen molar-refractivity contribution in [3.05, 3.63) is 17.5 Å². The molecule has 0 radical (unpaired) electrons. The van der Waals surface area contributed by atoms with E-state index in [-0.39, 0.29) is 24.0 Å². The maximum absolute atomic E-state index is 5.05. The number of aryl methyl sites for hydroxylation is 1. The van der Waals surface area contributed by atoms with E-state index in [9.17, 15) is 0 Å². The van der Waals surface area contributed by atoms with E-state index in [0.29, 0.717) is 11.3 Å². The number of guanidine groups is 1. The Labute approximate surface area is 176 Å². The molecule has 2 saturated carbocycles. The third kappa shape index (κ3) is 4.73. The minimum atomic E-state index is 0. The van der Waals surface area contributed by atoms with Crippen molar-refractivity contribution in [3.63, 3.8) is 0 Å². The molecule has 1 aromatic heterocycles. The highest BCUT2D eigenvalue weighted by Gasteiger charge is 2.48. The van der Waals surface area contributed by atoms with Crippen molar-refractivity contribution in [3.8, 4) is 0 Å². The van der Waals surface area contributed by atoms with Gasteiger partial charge in [-0.3, -0.25) is 9.67 Å². The fourth-order valence-electron chi connectivity index (χ4n) is 4.22. The van der Waals surface area contributed by atoms with E-state index in [4.69, 9.17) is 4.99 Å². The molecule has 26 heavy (non-hydrogen) atoms. The Balaban J connectivity index is 0.00000243. The third-order valence-electron chi connectivity index (χ3n) is 5.92. The molecule has 3 rings (SSSR count). The first-order valence-corrected chi connectivity index (χ1v) is 9.97. The minimum Gasteiger partial charge on any atom is -0.357 e. The van der Waals surface area contributed by atoms with Crippen molar-refractivity contribution in [2.45, 2.75) is 65.3 Å². The molecule has 1 N–H and O–H groups in total. The topological polar surface area (TPSA) is 45.5 Å². The number of hydrogen-bond acceptors (Lipinski definition) is 2. The second-order valence-corrected chi connectivity index (χ2v) is 8.38. The monoisotopic (exact) mass is 473 g/mol. The summed E-state index contributed by atoms with van der Waals surface area (Å²) in [5.74, 6) is 2.43. The standard InChI is InChI=1S/C20H35N5.HI/c1-6-21-19(22-14-20(10-7-11-20)17-8-9-17)24(4)12-16-13-25(5)23-18(16)15(2)3;/h13,15,17H,6-12,14H2,1-5H3,(H,21,22);1H. The highest BCUT2D eigenvalue weighted by Crippen LogP contribution is 2.57. The van der Waals surface area contributed by atoms with E-state index < -0.39 is 0 Å². The summed E-state index contributed by atoms with van der Waals surface area (Å²) in [6.07, 6.45) is 9.15. The minimum absolute atomic E-state index is 0. The average molecular weight is 473 g/mol. The largest absolute Gasteiger partial charge is 0.357 e. The molecule has 0 saturated heterocycles. The second kappa shape index (κ2) is 8.93. The zero-order valence-corrected chi connectivity index (χ0v) is 19.4. The number of hydrogen-bond donors (Lipinski definition) is 1. The summed E-state index contributed by atoms with van der Waals surface area (Å²) in [5, 5.41) is 8.12. The zero-order chi connectivity index (χ0) is 18.0. The van der Waals surface area contributed by atoms with Crippen LogP contribution in [-0.4, -0.2) is 40.8 Å².